The monoisotopic (exact) mass is 705 g/mol. The smallest absolute Gasteiger partial charge is 0.338 e. The zero-order valence-corrected chi connectivity index (χ0v) is 28.1. The summed E-state index contributed by atoms with van der Waals surface area (Å²) < 4.78 is 21.4. The number of esters is 1. The van der Waals surface area contributed by atoms with Gasteiger partial charge < -0.3 is 18.8 Å². The van der Waals surface area contributed by atoms with Crippen molar-refractivity contribution in [3.05, 3.63) is 124 Å². The van der Waals surface area contributed by atoms with Gasteiger partial charge in [0.1, 0.15) is 0 Å². The molecule has 0 N–H and O–H groups in total. The molecule has 1 aliphatic heterocycles. The van der Waals surface area contributed by atoms with Crippen molar-refractivity contribution in [1.29, 1.82) is 0 Å². The van der Waals surface area contributed by atoms with Crippen molar-refractivity contribution in [2.75, 3.05) is 20.8 Å². The highest BCUT2D eigenvalue weighted by molar-refractivity contribution is 9.10. The highest BCUT2D eigenvalue weighted by Crippen LogP contribution is 2.40. The van der Waals surface area contributed by atoms with Crippen LogP contribution >= 0.6 is 38.9 Å². The molecule has 0 unspecified atom stereocenters. The quantitative estimate of drug-likeness (QED) is 0.179. The minimum absolute atomic E-state index is 0.180. The fourth-order valence-electron chi connectivity index (χ4n) is 5.61. The van der Waals surface area contributed by atoms with E-state index in [1.165, 1.54) is 18.4 Å². The van der Waals surface area contributed by atoms with Crippen molar-refractivity contribution in [2.24, 2.45) is 4.99 Å². The first-order chi connectivity index (χ1) is 21.7. The first-order valence-electron chi connectivity index (χ1n) is 14.2. The van der Waals surface area contributed by atoms with Crippen molar-refractivity contribution in [1.82, 2.24) is 9.13 Å². The number of fused-ring (bicyclic) bond motifs is 2. The number of rotatable bonds is 8. The SMILES string of the molecule is CCOC(=O)C1=C(C)N=c2s/c(=C\c3cn(Cc4ccc(Cl)cc4)c4ccccc34)c(=O)n2[C@@H]1c1cc(OC)c(OC)cc1Br. The third-order valence-corrected chi connectivity index (χ3v) is 9.61. The molecule has 6 rings (SSSR count). The van der Waals surface area contributed by atoms with E-state index in [0.717, 1.165) is 22.0 Å². The molecule has 1 atom stereocenters. The van der Waals surface area contributed by atoms with Crippen molar-refractivity contribution >= 4 is 61.8 Å². The average Bonchev–Trinajstić information content (AvgIpc) is 3.53. The zero-order valence-electron chi connectivity index (χ0n) is 25.0. The number of nitrogens with zero attached hydrogens (tertiary/aromatic N) is 3. The highest BCUT2D eigenvalue weighted by Gasteiger charge is 2.35. The Balaban J connectivity index is 1.54. The number of ether oxygens (including phenoxy) is 3. The molecule has 5 aromatic rings. The Bertz CT molecular complexity index is 2160. The number of para-hydroxylation sites is 1. The van der Waals surface area contributed by atoms with Crippen LogP contribution in [0.15, 0.2) is 92.4 Å². The van der Waals surface area contributed by atoms with Crippen LogP contribution < -0.4 is 24.4 Å². The number of methoxy groups -OCH3 is 2. The molecule has 0 aliphatic carbocycles. The van der Waals surface area contributed by atoms with E-state index >= 15 is 0 Å². The van der Waals surface area contributed by atoms with E-state index in [0.29, 0.717) is 48.1 Å². The van der Waals surface area contributed by atoms with Crippen LogP contribution in [0.4, 0.5) is 0 Å². The maximum atomic E-state index is 14.3. The lowest BCUT2D eigenvalue weighted by molar-refractivity contribution is -0.139. The lowest BCUT2D eigenvalue weighted by Crippen LogP contribution is -2.40. The first kappa shape index (κ1) is 30.9. The third kappa shape index (κ3) is 5.74. The lowest BCUT2D eigenvalue weighted by Gasteiger charge is -2.26. The number of allylic oxidation sites excluding steroid dienone is 1. The van der Waals surface area contributed by atoms with Gasteiger partial charge in [-0.05, 0) is 61.4 Å². The summed E-state index contributed by atoms with van der Waals surface area (Å²) in [5.41, 5.74) is 4.17. The van der Waals surface area contributed by atoms with E-state index in [9.17, 15) is 9.59 Å². The fraction of sp³-hybridized carbons (Fsp3) is 0.206. The largest absolute Gasteiger partial charge is 0.493 e. The molecule has 0 radical (unpaired) electrons. The fourth-order valence-corrected chi connectivity index (χ4v) is 7.32. The van der Waals surface area contributed by atoms with Crippen LogP contribution in [0.1, 0.15) is 36.6 Å². The highest BCUT2D eigenvalue weighted by atomic mass is 79.9. The molecular weight excluding hydrogens is 678 g/mol. The second kappa shape index (κ2) is 12.7. The standard InChI is InChI=1S/C34H29BrClN3O5S/c1-5-44-33(41)30-19(2)37-34-39(31(30)24-15-27(42-3)28(43-4)16-25(24)35)32(40)29(45-34)14-21-18-38(26-9-7-6-8-23(21)26)17-20-10-12-22(36)13-11-20/h6-16,18,31H,5,17H2,1-4H3/b29-14-/t31-/m1/s1. The van der Waals surface area contributed by atoms with Gasteiger partial charge in [-0.1, -0.05) is 69.2 Å². The number of hydrogen-bond acceptors (Lipinski definition) is 7. The van der Waals surface area contributed by atoms with Crippen molar-refractivity contribution in [3.8, 4) is 11.5 Å². The number of thiazole rings is 1. The van der Waals surface area contributed by atoms with E-state index in [1.54, 1.807) is 37.7 Å². The molecule has 0 fully saturated rings. The van der Waals surface area contributed by atoms with Crippen molar-refractivity contribution in [3.63, 3.8) is 0 Å². The molecular formula is C34H29BrClN3O5S. The van der Waals surface area contributed by atoms with E-state index < -0.39 is 12.0 Å². The minimum Gasteiger partial charge on any atom is -0.493 e. The zero-order chi connectivity index (χ0) is 31.8. The molecule has 0 bridgehead atoms. The Hall–Kier alpha value is -4.12. The van der Waals surface area contributed by atoms with Gasteiger partial charge in [0, 0.05) is 38.7 Å². The number of halogens is 2. The normalized spacial score (nSPS) is 14.8. The van der Waals surface area contributed by atoms with E-state index in [-0.39, 0.29) is 17.7 Å². The van der Waals surface area contributed by atoms with E-state index in [2.05, 4.69) is 32.8 Å². The van der Waals surface area contributed by atoms with Crippen LogP contribution in [0.3, 0.4) is 0 Å². The van der Waals surface area contributed by atoms with Gasteiger partial charge >= 0.3 is 5.97 Å². The molecule has 3 heterocycles. The van der Waals surface area contributed by atoms with Gasteiger partial charge in [-0.15, -0.1) is 0 Å². The molecule has 0 spiro atoms. The van der Waals surface area contributed by atoms with Crippen molar-refractivity contribution in [2.45, 2.75) is 26.4 Å². The molecule has 2 aromatic heterocycles. The predicted octanol–water partition coefficient (Wildman–Crippen LogP) is 6.23. The molecule has 0 amide bonds. The van der Waals surface area contributed by atoms with Gasteiger partial charge in [-0.3, -0.25) is 9.36 Å². The molecule has 11 heteroatoms. The summed E-state index contributed by atoms with van der Waals surface area (Å²) in [6, 6.07) is 18.6. The van der Waals surface area contributed by atoms with Gasteiger partial charge in [-0.25, -0.2) is 9.79 Å². The second-order valence-corrected chi connectivity index (χ2v) is 12.7. The molecule has 8 nitrogen and oxygen atoms in total. The van der Waals surface area contributed by atoms with Crippen LogP contribution in [-0.2, 0) is 16.1 Å². The maximum Gasteiger partial charge on any atom is 0.338 e. The molecule has 1 aliphatic rings. The summed E-state index contributed by atoms with van der Waals surface area (Å²) in [5, 5.41) is 1.70. The molecule has 230 valence electrons. The predicted molar refractivity (Wildman–Crippen MR) is 180 cm³/mol. The summed E-state index contributed by atoms with van der Waals surface area (Å²) in [4.78, 5) is 32.9. The number of benzene rings is 3. The van der Waals surface area contributed by atoms with Crippen LogP contribution in [0, 0.1) is 0 Å². The first-order valence-corrected chi connectivity index (χ1v) is 16.2. The Kier molecular flexibility index (Phi) is 8.72. The Morgan fingerprint density at radius 3 is 2.51 bits per heavy atom. The van der Waals surface area contributed by atoms with Crippen molar-refractivity contribution < 1.29 is 19.0 Å². The molecule has 3 aromatic carbocycles. The van der Waals surface area contributed by atoms with Gasteiger partial charge in [0.25, 0.3) is 5.56 Å². The second-order valence-electron chi connectivity index (χ2n) is 10.4. The number of hydrogen-bond donors (Lipinski definition) is 0. The van der Waals surface area contributed by atoms with Crippen LogP contribution in [-0.4, -0.2) is 35.9 Å². The molecule has 0 saturated heterocycles. The third-order valence-electron chi connectivity index (χ3n) is 7.69. The summed E-state index contributed by atoms with van der Waals surface area (Å²) in [7, 11) is 3.09. The topological polar surface area (TPSA) is 84.1 Å². The number of aromatic nitrogens is 2. The van der Waals surface area contributed by atoms with Gasteiger partial charge in [0.05, 0.1) is 42.7 Å². The minimum atomic E-state index is -0.817. The average molecular weight is 707 g/mol. The Morgan fingerprint density at radius 2 is 1.80 bits per heavy atom. The van der Waals surface area contributed by atoms with E-state index in [1.807, 2.05) is 48.5 Å². The van der Waals surface area contributed by atoms with Crippen LogP contribution in [0.5, 0.6) is 11.5 Å². The number of carbonyl (C=O) groups excluding carboxylic acids is 1. The van der Waals surface area contributed by atoms with Crippen LogP contribution in [0.25, 0.3) is 17.0 Å². The van der Waals surface area contributed by atoms with Gasteiger partial charge in [-0.2, -0.15) is 0 Å². The molecule has 0 saturated carbocycles. The number of carbonyl (C=O) groups is 1. The lowest BCUT2D eigenvalue weighted by atomic mass is 9.95. The summed E-state index contributed by atoms with van der Waals surface area (Å²) in [6.45, 7) is 4.32. The Morgan fingerprint density at radius 1 is 1.09 bits per heavy atom. The summed E-state index contributed by atoms with van der Waals surface area (Å²) in [5.74, 6) is 0.433. The summed E-state index contributed by atoms with van der Waals surface area (Å²) >= 11 is 11.0. The Labute approximate surface area is 276 Å². The van der Waals surface area contributed by atoms with Gasteiger partial charge in [0.15, 0.2) is 16.3 Å². The van der Waals surface area contributed by atoms with Crippen LogP contribution in [0.2, 0.25) is 5.02 Å². The summed E-state index contributed by atoms with van der Waals surface area (Å²) in [6.07, 6.45) is 3.95. The van der Waals surface area contributed by atoms with E-state index in [4.69, 9.17) is 30.8 Å². The molecule has 45 heavy (non-hydrogen) atoms. The maximum absolute atomic E-state index is 14.3. The van der Waals surface area contributed by atoms with Gasteiger partial charge in [0.2, 0.25) is 0 Å².